The summed E-state index contributed by atoms with van der Waals surface area (Å²) in [6.45, 7) is 0.0989. The molecule has 0 bridgehead atoms. The molecule has 2 N–H and O–H groups in total. The number of hydrogen-bond donors (Lipinski definition) is 2. The van der Waals surface area contributed by atoms with Gasteiger partial charge in [0.25, 0.3) is 0 Å². The number of fused-ring (bicyclic) bond motifs is 1. The fourth-order valence-corrected chi connectivity index (χ4v) is 2.53. The number of carbonyl (C=O) groups excluding carboxylic acids is 2. The van der Waals surface area contributed by atoms with Gasteiger partial charge in [-0.05, 0) is 24.3 Å². The highest BCUT2D eigenvalue weighted by atomic mass is 16.2. The molecule has 6 heteroatoms. The summed E-state index contributed by atoms with van der Waals surface area (Å²) in [4.78, 5) is 28.6. The van der Waals surface area contributed by atoms with Crippen LogP contribution in [-0.2, 0) is 22.6 Å². The molecular formula is C18H18N4O2. The molecule has 0 radical (unpaired) electrons. The maximum Gasteiger partial charge on any atom is 0.244 e. The second kappa shape index (κ2) is 6.95. The van der Waals surface area contributed by atoms with E-state index in [1.807, 2.05) is 54.6 Å². The lowest BCUT2D eigenvalue weighted by Crippen LogP contribution is -2.24. The molecule has 3 aromatic rings. The van der Waals surface area contributed by atoms with E-state index in [1.165, 1.54) is 0 Å². The van der Waals surface area contributed by atoms with Crippen molar-refractivity contribution in [2.45, 2.75) is 13.0 Å². The van der Waals surface area contributed by atoms with Crippen LogP contribution in [0.2, 0.25) is 0 Å². The smallest absolute Gasteiger partial charge is 0.244 e. The van der Waals surface area contributed by atoms with E-state index >= 15 is 0 Å². The van der Waals surface area contributed by atoms with Crippen LogP contribution in [0, 0.1) is 0 Å². The average molecular weight is 322 g/mol. The van der Waals surface area contributed by atoms with Gasteiger partial charge in [0.05, 0.1) is 17.5 Å². The Hall–Kier alpha value is -3.15. The van der Waals surface area contributed by atoms with Crippen molar-refractivity contribution in [1.29, 1.82) is 0 Å². The molecule has 24 heavy (non-hydrogen) atoms. The molecule has 6 nitrogen and oxygen atoms in total. The highest BCUT2D eigenvalue weighted by Gasteiger charge is 2.15. The van der Waals surface area contributed by atoms with Crippen molar-refractivity contribution in [3.8, 4) is 0 Å². The van der Waals surface area contributed by atoms with Crippen LogP contribution in [0.25, 0.3) is 11.0 Å². The number of aromatic nitrogens is 2. The first kappa shape index (κ1) is 15.7. The topological polar surface area (TPSA) is 76.0 Å². The van der Waals surface area contributed by atoms with Crippen molar-refractivity contribution in [1.82, 2.24) is 14.9 Å². The predicted octanol–water partition coefficient (Wildman–Crippen LogP) is 1.96. The van der Waals surface area contributed by atoms with Gasteiger partial charge in [-0.2, -0.15) is 0 Å². The zero-order valence-corrected chi connectivity index (χ0v) is 13.3. The zero-order valence-electron chi connectivity index (χ0n) is 13.3. The largest absolute Gasteiger partial charge is 0.359 e. The standard InChI is InChI=1S/C18H18N4O2/c1-19-17(23)11-16-21-14-9-5-6-10-15(14)22(16)12-18(24)20-13-7-3-2-4-8-13/h2-10H,11-12H2,1H3,(H,19,23)(H,20,24). The quantitative estimate of drug-likeness (QED) is 0.754. The number of amides is 2. The van der Waals surface area contributed by atoms with E-state index in [0.717, 1.165) is 16.7 Å². The Kier molecular flexibility index (Phi) is 4.56. The van der Waals surface area contributed by atoms with E-state index in [9.17, 15) is 9.59 Å². The van der Waals surface area contributed by atoms with E-state index in [4.69, 9.17) is 0 Å². The second-order valence-electron chi connectivity index (χ2n) is 5.37. The van der Waals surface area contributed by atoms with Gasteiger partial charge in [-0.1, -0.05) is 30.3 Å². The Morgan fingerprint density at radius 3 is 2.46 bits per heavy atom. The molecule has 0 aliphatic carbocycles. The minimum atomic E-state index is -0.164. The van der Waals surface area contributed by atoms with Gasteiger partial charge in [-0.15, -0.1) is 0 Å². The number of carbonyl (C=O) groups is 2. The molecule has 0 unspecified atom stereocenters. The molecule has 0 fully saturated rings. The number of likely N-dealkylation sites (N-methyl/N-ethyl adjacent to an activating group) is 1. The molecular weight excluding hydrogens is 304 g/mol. The normalized spacial score (nSPS) is 10.5. The third-order valence-electron chi connectivity index (χ3n) is 3.69. The number of nitrogens with one attached hydrogen (secondary N) is 2. The minimum absolute atomic E-state index is 0.0989. The Morgan fingerprint density at radius 1 is 1.00 bits per heavy atom. The monoisotopic (exact) mass is 322 g/mol. The van der Waals surface area contributed by atoms with Crippen LogP contribution in [0.15, 0.2) is 54.6 Å². The maximum absolute atomic E-state index is 12.4. The molecule has 3 rings (SSSR count). The number of imidazole rings is 1. The summed E-state index contributed by atoms with van der Waals surface area (Å²) < 4.78 is 1.78. The number of anilines is 1. The molecule has 1 aromatic heterocycles. The van der Waals surface area contributed by atoms with Gasteiger partial charge >= 0.3 is 0 Å². The van der Waals surface area contributed by atoms with Crippen LogP contribution in [0.3, 0.4) is 0 Å². The van der Waals surface area contributed by atoms with Gasteiger partial charge in [0.1, 0.15) is 12.4 Å². The van der Waals surface area contributed by atoms with Crippen LogP contribution < -0.4 is 10.6 Å². The fraction of sp³-hybridized carbons (Fsp3) is 0.167. The lowest BCUT2D eigenvalue weighted by atomic mass is 10.3. The summed E-state index contributed by atoms with van der Waals surface area (Å²) >= 11 is 0. The molecule has 0 spiro atoms. The third kappa shape index (κ3) is 3.43. The molecule has 0 saturated carbocycles. The summed E-state index contributed by atoms with van der Waals surface area (Å²) in [6.07, 6.45) is 0.129. The first-order valence-corrected chi connectivity index (χ1v) is 7.67. The van der Waals surface area contributed by atoms with Crippen molar-refractivity contribution < 1.29 is 9.59 Å². The first-order chi connectivity index (χ1) is 11.7. The van der Waals surface area contributed by atoms with Crippen molar-refractivity contribution in [3.63, 3.8) is 0 Å². The van der Waals surface area contributed by atoms with Crippen LogP contribution in [0.1, 0.15) is 5.82 Å². The molecule has 2 aromatic carbocycles. The highest BCUT2D eigenvalue weighted by molar-refractivity contribution is 5.92. The number of hydrogen-bond acceptors (Lipinski definition) is 3. The molecule has 0 aliphatic rings. The molecule has 1 heterocycles. The zero-order chi connectivity index (χ0) is 16.9. The van der Waals surface area contributed by atoms with Crippen molar-refractivity contribution in [3.05, 3.63) is 60.4 Å². The van der Waals surface area contributed by atoms with Gasteiger partial charge in [0.2, 0.25) is 11.8 Å². The Labute approximate surface area is 139 Å². The van der Waals surface area contributed by atoms with Crippen LogP contribution in [0.5, 0.6) is 0 Å². The van der Waals surface area contributed by atoms with Crippen LogP contribution in [-0.4, -0.2) is 28.4 Å². The average Bonchev–Trinajstić information content (AvgIpc) is 2.93. The Bertz CT molecular complexity index is 871. The van der Waals surface area contributed by atoms with Gasteiger partial charge in [0.15, 0.2) is 0 Å². The lowest BCUT2D eigenvalue weighted by Gasteiger charge is -2.10. The summed E-state index contributed by atoms with van der Waals surface area (Å²) in [5.74, 6) is 0.260. The predicted molar refractivity (Wildman–Crippen MR) is 92.6 cm³/mol. The Balaban J connectivity index is 1.87. The van der Waals surface area contributed by atoms with E-state index in [2.05, 4.69) is 15.6 Å². The van der Waals surface area contributed by atoms with E-state index < -0.39 is 0 Å². The van der Waals surface area contributed by atoms with Gasteiger partial charge < -0.3 is 15.2 Å². The lowest BCUT2D eigenvalue weighted by molar-refractivity contribution is -0.120. The molecule has 122 valence electrons. The number of rotatable bonds is 5. The number of para-hydroxylation sites is 3. The van der Waals surface area contributed by atoms with Crippen LogP contribution in [0.4, 0.5) is 5.69 Å². The second-order valence-corrected chi connectivity index (χ2v) is 5.37. The van der Waals surface area contributed by atoms with Gasteiger partial charge in [0, 0.05) is 12.7 Å². The van der Waals surface area contributed by atoms with Crippen LogP contribution >= 0.6 is 0 Å². The van der Waals surface area contributed by atoms with Gasteiger partial charge in [-0.3, -0.25) is 9.59 Å². The number of benzene rings is 2. The number of nitrogens with zero attached hydrogens (tertiary/aromatic N) is 2. The molecule has 0 saturated heterocycles. The summed E-state index contributed by atoms with van der Waals surface area (Å²) in [6, 6.07) is 16.8. The van der Waals surface area contributed by atoms with Crippen molar-refractivity contribution in [2.75, 3.05) is 12.4 Å². The van der Waals surface area contributed by atoms with E-state index in [-0.39, 0.29) is 24.8 Å². The SMILES string of the molecule is CNC(=O)Cc1nc2ccccc2n1CC(=O)Nc1ccccc1. The Morgan fingerprint density at radius 2 is 1.71 bits per heavy atom. The van der Waals surface area contributed by atoms with Gasteiger partial charge in [-0.25, -0.2) is 4.98 Å². The molecule has 2 amide bonds. The van der Waals surface area contributed by atoms with Crippen molar-refractivity contribution >= 4 is 28.5 Å². The fourth-order valence-electron chi connectivity index (χ4n) is 2.53. The third-order valence-corrected chi connectivity index (χ3v) is 3.69. The summed E-state index contributed by atoms with van der Waals surface area (Å²) in [5.41, 5.74) is 2.34. The maximum atomic E-state index is 12.4. The highest BCUT2D eigenvalue weighted by Crippen LogP contribution is 2.17. The first-order valence-electron chi connectivity index (χ1n) is 7.67. The molecule has 0 atom stereocenters. The van der Waals surface area contributed by atoms with E-state index in [1.54, 1.807) is 11.6 Å². The molecule has 0 aliphatic heterocycles. The summed E-state index contributed by atoms with van der Waals surface area (Å²) in [7, 11) is 1.58. The summed E-state index contributed by atoms with van der Waals surface area (Å²) in [5, 5.41) is 5.44. The van der Waals surface area contributed by atoms with Crippen molar-refractivity contribution in [2.24, 2.45) is 0 Å². The van der Waals surface area contributed by atoms with E-state index in [0.29, 0.717) is 5.82 Å². The minimum Gasteiger partial charge on any atom is -0.359 e.